The first-order valence-corrected chi connectivity index (χ1v) is 10.2. The van der Waals surface area contributed by atoms with Gasteiger partial charge >= 0.3 is 0 Å². The smallest absolute Gasteiger partial charge is 0.223 e. The maximum atomic E-state index is 6.10. The Morgan fingerprint density at radius 2 is 2.14 bits per heavy atom. The van der Waals surface area contributed by atoms with Crippen molar-refractivity contribution in [3.63, 3.8) is 0 Å². The Morgan fingerprint density at radius 1 is 1.31 bits per heavy atom. The fraction of sp³-hybridized carbons (Fsp3) is 0.500. The number of nitrogens with zero attached hydrogens (tertiary/aromatic N) is 4. The van der Waals surface area contributed by atoms with Gasteiger partial charge < -0.3 is 14.8 Å². The maximum absolute atomic E-state index is 6.10. The molecule has 0 aromatic carbocycles. The number of nitrogens with one attached hydrogen (secondary N) is 1. The van der Waals surface area contributed by atoms with Crippen LogP contribution in [0.15, 0.2) is 30.6 Å². The number of hydrogen-bond donors (Lipinski definition) is 1. The van der Waals surface area contributed by atoms with Crippen LogP contribution in [0.5, 0.6) is 5.88 Å². The number of fused-ring (bicyclic) bond motifs is 1. The van der Waals surface area contributed by atoms with E-state index in [9.17, 15) is 0 Å². The fourth-order valence-corrected chi connectivity index (χ4v) is 3.53. The van der Waals surface area contributed by atoms with Crippen molar-refractivity contribution in [2.75, 3.05) is 18.5 Å². The van der Waals surface area contributed by atoms with E-state index in [4.69, 9.17) is 14.5 Å². The predicted molar refractivity (Wildman–Crippen MR) is 114 cm³/mol. The highest BCUT2D eigenvalue weighted by atomic mass is 16.5. The molecule has 0 radical (unpaired) electrons. The van der Waals surface area contributed by atoms with Crippen molar-refractivity contribution < 1.29 is 9.47 Å². The molecule has 4 rings (SSSR count). The molecule has 154 valence electrons. The number of anilines is 1. The van der Waals surface area contributed by atoms with Crippen LogP contribution in [0.3, 0.4) is 0 Å². The monoisotopic (exact) mass is 395 g/mol. The molecule has 1 unspecified atom stereocenters. The summed E-state index contributed by atoms with van der Waals surface area (Å²) < 4.78 is 13.7. The second-order valence-corrected chi connectivity index (χ2v) is 8.75. The molecule has 0 spiro atoms. The summed E-state index contributed by atoms with van der Waals surface area (Å²) in [5.41, 5.74) is 4.21. The zero-order valence-electron chi connectivity index (χ0n) is 17.8. The molecular formula is C22H29N5O2. The zero-order valence-corrected chi connectivity index (χ0v) is 17.8. The molecule has 1 aliphatic rings. The Hall–Kier alpha value is -2.67. The van der Waals surface area contributed by atoms with E-state index in [0.29, 0.717) is 12.5 Å². The minimum atomic E-state index is -0.349. The molecule has 1 N–H and O–H groups in total. The van der Waals surface area contributed by atoms with Gasteiger partial charge in [-0.05, 0) is 59.2 Å². The van der Waals surface area contributed by atoms with Crippen LogP contribution in [0, 0.1) is 0 Å². The predicted octanol–water partition coefficient (Wildman–Crippen LogP) is 4.45. The largest absolute Gasteiger partial charge is 0.471 e. The highest BCUT2D eigenvalue weighted by molar-refractivity contribution is 5.91. The Balaban J connectivity index is 1.84. The topological polar surface area (TPSA) is 74.1 Å². The van der Waals surface area contributed by atoms with E-state index < -0.39 is 0 Å². The van der Waals surface area contributed by atoms with E-state index >= 15 is 0 Å². The zero-order chi connectivity index (χ0) is 20.6. The molecule has 3 aromatic heterocycles. The summed E-state index contributed by atoms with van der Waals surface area (Å²) in [6.45, 7) is 11.8. The van der Waals surface area contributed by atoms with Crippen LogP contribution < -0.4 is 10.1 Å². The molecule has 3 aromatic rings. The van der Waals surface area contributed by atoms with Crippen LogP contribution in [0.25, 0.3) is 22.3 Å². The van der Waals surface area contributed by atoms with Crippen molar-refractivity contribution in [2.45, 2.75) is 58.7 Å². The fourth-order valence-electron chi connectivity index (χ4n) is 3.53. The summed E-state index contributed by atoms with van der Waals surface area (Å²) in [4.78, 5) is 9.36. The minimum Gasteiger partial charge on any atom is -0.471 e. The van der Waals surface area contributed by atoms with Crippen molar-refractivity contribution in [1.29, 1.82) is 0 Å². The van der Waals surface area contributed by atoms with Crippen LogP contribution in [0.1, 0.15) is 47.1 Å². The molecule has 0 aliphatic carbocycles. The Labute approximate surface area is 171 Å². The van der Waals surface area contributed by atoms with Gasteiger partial charge in [0.2, 0.25) is 5.88 Å². The van der Waals surface area contributed by atoms with E-state index in [0.717, 1.165) is 41.0 Å². The molecule has 4 heterocycles. The third-order valence-electron chi connectivity index (χ3n) is 4.78. The SMILES string of the molecule is CC(C)n1ncc2nc(-c3cccnc3OC(C)(C)C)cc(NC3CCOC3)c21. The molecule has 0 bridgehead atoms. The molecule has 7 heteroatoms. The van der Waals surface area contributed by atoms with Crippen molar-refractivity contribution >= 4 is 16.7 Å². The quantitative estimate of drug-likeness (QED) is 0.688. The first kappa shape index (κ1) is 19.6. The number of ether oxygens (including phenoxy) is 2. The van der Waals surface area contributed by atoms with E-state index in [2.05, 4.69) is 35.3 Å². The molecular weight excluding hydrogens is 366 g/mol. The Kier molecular flexibility index (Phi) is 5.17. The first-order valence-electron chi connectivity index (χ1n) is 10.2. The first-order chi connectivity index (χ1) is 13.8. The summed E-state index contributed by atoms with van der Waals surface area (Å²) >= 11 is 0. The molecule has 0 saturated carbocycles. The molecule has 1 saturated heterocycles. The van der Waals surface area contributed by atoms with E-state index in [1.165, 1.54) is 0 Å². The average molecular weight is 396 g/mol. The standard InChI is InChI=1S/C22H29N5O2/c1-14(2)27-20-18(25-15-8-10-28-13-15)11-17(26-19(20)12-24-27)16-7-6-9-23-21(16)29-22(3,4)5/h6-7,9,11-12,14-15H,8,10,13H2,1-5H3,(H,25,26). The van der Waals surface area contributed by atoms with Gasteiger partial charge in [0.1, 0.15) is 16.6 Å². The van der Waals surface area contributed by atoms with Gasteiger partial charge in [-0.15, -0.1) is 0 Å². The lowest BCUT2D eigenvalue weighted by Crippen LogP contribution is -2.24. The average Bonchev–Trinajstić information content (AvgIpc) is 3.30. The van der Waals surface area contributed by atoms with Crippen molar-refractivity contribution in [1.82, 2.24) is 19.7 Å². The van der Waals surface area contributed by atoms with Gasteiger partial charge in [-0.25, -0.2) is 9.97 Å². The van der Waals surface area contributed by atoms with Crippen LogP contribution >= 0.6 is 0 Å². The normalized spacial score (nSPS) is 17.2. The van der Waals surface area contributed by atoms with Crippen LogP contribution in [0.2, 0.25) is 0 Å². The molecule has 1 fully saturated rings. The van der Waals surface area contributed by atoms with Crippen molar-refractivity contribution in [2.24, 2.45) is 0 Å². The van der Waals surface area contributed by atoms with Crippen LogP contribution in [-0.4, -0.2) is 44.6 Å². The Morgan fingerprint density at radius 3 is 2.83 bits per heavy atom. The molecule has 1 atom stereocenters. The van der Waals surface area contributed by atoms with Gasteiger partial charge in [-0.1, -0.05) is 0 Å². The second kappa shape index (κ2) is 7.63. The lowest BCUT2D eigenvalue weighted by molar-refractivity contribution is 0.125. The highest BCUT2D eigenvalue weighted by Crippen LogP contribution is 2.35. The molecule has 0 amide bonds. The lowest BCUT2D eigenvalue weighted by Gasteiger charge is -2.22. The van der Waals surface area contributed by atoms with Gasteiger partial charge in [-0.2, -0.15) is 5.10 Å². The maximum Gasteiger partial charge on any atom is 0.223 e. The summed E-state index contributed by atoms with van der Waals surface area (Å²) in [6, 6.07) is 6.50. The van der Waals surface area contributed by atoms with Gasteiger partial charge in [-0.3, -0.25) is 4.68 Å². The molecule has 29 heavy (non-hydrogen) atoms. The number of rotatable bonds is 5. The summed E-state index contributed by atoms with van der Waals surface area (Å²) in [6.07, 6.45) is 4.56. The van der Waals surface area contributed by atoms with Gasteiger partial charge in [0, 0.05) is 18.8 Å². The summed E-state index contributed by atoms with van der Waals surface area (Å²) in [5.74, 6) is 0.582. The summed E-state index contributed by atoms with van der Waals surface area (Å²) in [5, 5.41) is 8.24. The van der Waals surface area contributed by atoms with Gasteiger partial charge in [0.15, 0.2) is 0 Å². The van der Waals surface area contributed by atoms with Gasteiger partial charge in [0.25, 0.3) is 0 Å². The van der Waals surface area contributed by atoms with E-state index in [-0.39, 0.29) is 17.7 Å². The van der Waals surface area contributed by atoms with Gasteiger partial charge in [0.05, 0.1) is 35.8 Å². The van der Waals surface area contributed by atoms with Crippen molar-refractivity contribution in [3.05, 3.63) is 30.6 Å². The number of pyridine rings is 2. The number of aromatic nitrogens is 4. The number of hydrogen-bond acceptors (Lipinski definition) is 6. The van der Waals surface area contributed by atoms with E-state index in [1.807, 2.05) is 43.8 Å². The van der Waals surface area contributed by atoms with Crippen molar-refractivity contribution in [3.8, 4) is 17.1 Å². The third-order valence-corrected chi connectivity index (χ3v) is 4.78. The highest BCUT2D eigenvalue weighted by Gasteiger charge is 2.22. The minimum absolute atomic E-state index is 0.235. The second-order valence-electron chi connectivity index (χ2n) is 8.75. The van der Waals surface area contributed by atoms with E-state index in [1.54, 1.807) is 6.20 Å². The lowest BCUT2D eigenvalue weighted by atomic mass is 10.1. The summed E-state index contributed by atoms with van der Waals surface area (Å²) in [7, 11) is 0. The van der Waals surface area contributed by atoms with Crippen LogP contribution in [0.4, 0.5) is 5.69 Å². The Bertz CT molecular complexity index is 1000. The molecule has 7 nitrogen and oxygen atoms in total. The third kappa shape index (κ3) is 4.19. The molecule has 1 aliphatic heterocycles. The van der Waals surface area contributed by atoms with Crippen LogP contribution in [-0.2, 0) is 4.74 Å².